The second kappa shape index (κ2) is 9.77. The standard InChI is InChI=1S/C16H24ClNO3/c1-4-13-7-6-8-14(5-2)16(13)18(15(19)11-17)12-21-10-9-20-3/h6-8H,4-5,9-12H2,1-3H3. The van der Waals surface area contributed by atoms with E-state index >= 15 is 0 Å². The third-order valence-electron chi connectivity index (χ3n) is 3.30. The second-order valence-corrected chi connectivity index (χ2v) is 4.88. The number of ether oxygens (including phenoxy) is 2. The van der Waals surface area contributed by atoms with Crippen molar-refractivity contribution in [2.24, 2.45) is 0 Å². The van der Waals surface area contributed by atoms with Gasteiger partial charge in [0.15, 0.2) is 0 Å². The first kappa shape index (κ1) is 18.0. The molecule has 0 heterocycles. The highest BCUT2D eigenvalue weighted by Gasteiger charge is 2.20. The molecular weight excluding hydrogens is 290 g/mol. The van der Waals surface area contributed by atoms with Crippen LogP contribution in [0.15, 0.2) is 18.2 Å². The molecule has 5 heteroatoms. The lowest BCUT2D eigenvalue weighted by Gasteiger charge is -2.26. The van der Waals surface area contributed by atoms with Crippen LogP contribution in [0.25, 0.3) is 0 Å². The summed E-state index contributed by atoms with van der Waals surface area (Å²) in [6, 6.07) is 6.10. The predicted molar refractivity (Wildman–Crippen MR) is 86.1 cm³/mol. The Morgan fingerprint density at radius 1 is 1.19 bits per heavy atom. The van der Waals surface area contributed by atoms with Crippen LogP contribution in [0.4, 0.5) is 5.69 Å². The van der Waals surface area contributed by atoms with Gasteiger partial charge < -0.3 is 9.47 Å². The van der Waals surface area contributed by atoms with Crippen LogP contribution < -0.4 is 4.90 Å². The van der Waals surface area contributed by atoms with Crippen LogP contribution in [-0.2, 0) is 27.1 Å². The summed E-state index contributed by atoms with van der Waals surface area (Å²) in [4.78, 5) is 13.8. The number of carbonyl (C=O) groups excluding carboxylic acids is 1. The first-order valence-electron chi connectivity index (χ1n) is 7.23. The monoisotopic (exact) mass is 313 g/mol. The Bertz CT molecular complexity index is 429. The van der Waals surface area contributed by atoms with Crippen LogP contribution in [-0.4, -0.2) is 38.8 Å². The van der Waals surface area contributed by atoms with Gasteiger partial charge in [0.2, 0.25) is 5.91 Å². The van der Waals surface area contributed by atoms with E-state index in [1.165, 1.54) is 0 Å². The van der Waals surface area contributed by atoms with Crippen molar-refractivity contribution in [3.63, 3.8) is 0 Å². The summed E-state index contributed by atoms with van der Waals surface area (Å²) < 4.78 is 10.5. The van der Waals surface area contributed by atoms with E-state index < -0.39 is 0 Å². The quantitative estimate of drug-likeness (QED) is 0.400. The van der Waals surface area contributed by atoms with Gasteiger partial charge in [0.05, 0.1) is 18.9 Å². The number of carbonyl (C=O) groups is 1. The van der Waals surface area contributed by atoms with Crippen LogP contribution in [0.5, 0.6) is 0 Å². The number of benzene rings is 1. The second-order valence-electron chi connectivity index (χ2n) is 4.62. The van der Waals surface area contributed by atoms with Crippen molar-refractivity contribution in [3.05, 3.63) is 29.3 Å². The van der Waals surface area contributed by atoms with Gasteiger partial charge in [0, 0.05) is 7.11 Å². The molecule has 0 saturated heterocycles. The number of nitrogens with zero attached hydrogens (tertiary/aromatic N) is 1. The minimum atomic E-state index is -0.148. The first-order chi connectivity index (χ1) is 10.2. The zero-order valence-electron chi connectivity index (χ0n) is 13.0. The van der Waals surface area contributed by atoms with Crippen molar-refractivity contribution in [2.45, 2.75) is 26.7 Å². The van der Waals surface area contributed by atoms with Gasteiger partial charge in [-0.3, -0.25) is 9.69 Å². The number of hydrogen-bond acceptors (Lipinski definition) is 3. The average Bonchev–Trinajstić information content (AvgIpc) is 2.53. The number of amides is 1. The molecule has 0 bridgehead atoms. The lowest BCUT2D eigenvalue weighted by molar-refractivity contribution is -0.117. The van der Waals surface area contributed by atoms with E-state index in [-0.39, 0.29) is 18.5 Å². The third kappa shape index (κ3) is 4.99. The average molecular weight is 314 g/mol. The topological polar surface area (TPSA) is 38.8 Å². The van der Waals surface area contributed by atoms with E-state index in [0.717, 1.165) is 29.7 Å². The van der Waals surface area contributed by atoms with Gasteiger partial charge in [-0.2, -0.15) is 0 Å². The van der Waals surface area contributed by atoms with E-state index in [0.29, 0.717) is 13.2 Å². The maximum absolute atomic E-state index is 12.2. The number of methoxy groups -OCH3 is 1. The molecule has 0 aromatic heterocycles. The third-order valence-corrected chi connectivity index (χ3v) is 3.53. The Labute approximate surface area is 132 Å². The largest absolute Gasteiger partial charge is 0.382 e. The molecule has 0 spiro atoms. The molecule has 118 valence electrons. The molecule has 21 heavy (non-hydrogen) atoms. The number of aryl methyl sites for hydroxylation is 2. The van der Waals surface area contributed by atoms with Crippen LogP contribution in [0.1, 0.15) is 25.0 Å². The molecule has 0 saturated carbocycles. The van der Waals surface area contributed by atoms with E-state index in [1.807, 2.05) is 18.2 Å². The van der Waals surface area contributed by atoms with Crippen molar-refractivity contribution >= 4 is 23.2 Å². The number of anilines is 1. The van der Waals surface area contributed by atoms with Crippen LogP contribution >= 0.6 is 11.6 Å². The molecule has 4 nitrogen and oxygen atoms in total. The fourth-order valence-corrected chi connectivity index (χ4v) is 2.34. The van der Waals surface area contributed by atoms with Gasteiger partial charge in [-0.05, 0) is 24.0 Å². The summed E-state index contributed by atoms with van der Waals surface area (Å²) in [5.74, 6) is -0.209. The number of alkyl halides is 1. The molecule has 0 N–H and O–H groups in total. The van der Waals surface area contributed by atoms with Gasteiger partial charge in [-0.15, -0.1) is 11.6 Å². The molecule has 0 unspecified atom stereocenters. The summed E-state index contributed by atoms with van der Waals surface area (Å²) in [5, 5.41) is 0. The number of halogens is 1. The van der Waals surface area contributed by atoms with E-state index in [1.54, 1.807) is 12.0 Å². The molecule has 1 aromatic rings. The van der Waals surface area contributed by atoms with Gasteiger partial charge in [-0.25, -0.2) is 0 Å². The van der Waals surface area contributed by atoms with Gasteiger partial charge in [-0.1, -0.05) is 32.0 Å². The summed E-state index contributed by atoms with van der Waals surface area (Å²) in [6.07, 6.45) is 1.71. The Morgan fingerprint density at radius 3 is 2.29 bits per heavy atom. The van der Waals surface area contributed by atoms with Crippen molar-refractivity contribution in [2.75, 3.05) is 37.8 Å². The van der Waals surface area contributed by atoms with Crippen molar-refractivity contribution < 1.29 is 14.3 Å². The Balaban J connectivity index is 3.04. The lowest BCUT2D eigenvalue weighted by Crippen LogP contribution is -2.36. The molecule has 1 rings (SSSR count). The molecule has 0 fully saturated rings. The molecule has 1 aromatic carbocycles. The smallest absolute Gasteiger partial charge is 0.243 e. The number of para-hydroxylation sites is 1. The Morgan fingerprint density at radius 2 is 1.81 bits per heavy atom. The first-order valence-corrected chi connectivity index (χ1v) is 7.76. The summed E-state index contributed by atoms with van der Waals surface area (Å²) >= 11 is 5.76. The fraction of sp³-hybridized carbons (Fsp3) is 0.562. The van der Waals surface area contributed by atoms with Crippen molar-refractivity contribution in [3.8, 4) is 0 Å². The summed E-state index contributed by atoms with van der Waals surface area (Å²) in [7, 11) is 1.62. The number of rotatable bonds is 9. The highest BCUT2D eigenvalue weighted by atomic mass is 35.5. The fourth-order valence-electron chi connectivity index (χ4n) is 2.19. The van der Waals surface area contributed by atoms with Crippen LogP contribution in [0.3, 0.4) is 0 Å². The van der Waals surface area contributed by atoms with Crippen molar-refractivity contribution in [1.29, 1.82) is 0 Å². The highest BCUT2D eigenvalue weighted by Crippen LogP contribution is 2.27. The molecule has 0 aliphatic heterocycles. The van der Waals surface area contributed by atoms with Crippen LogP contribution in [0.2, 0.25) is 0 Å². The van der Waals surface area contributed by atoms with Crippen molar-refractivity contribution in [1.82, 2.24) is 0 Å². The molecule has 0 radical (unpaired) electrons. The SMILES string of the molecule is CCc1cccc(CC)c1N(COCCOC)C(=O)CCl. The maximum Gasteiger partial charge on any atom is 0.243 e. The summed E-state index contributed by atoms with van der Waals surface area (Å²) in [5.41, 5.74) is 3.19. The predicted octanol–water partition coefficient (Wildman–Crippen LogP) is 3.00. The minimum Gasteiger partial charge on any atom is -0.382 e. The molecule has 0 aliphatic carbocycles. The van der Waals surface area contributed by atoms with Crippen LogP contribution in [0, 0.1) is 0 Å². The van der Waals surface area contributed by atoms with E-state index in [2.05, 4.69) is 13.8 Å². The molecule has 1 amide bonds. The minimum absolute atomic E-state index is 0.0607. The van der Waals surface area contributed by atoms with Gasteiger partial charge >= 0.3 is 0 Å². The molecular formula is C16H24ClNO3. The molecule has 0 aliphatic rings. The summed E-state index contributed by atoms with van der Waals surface area (Å²) in [6.45, 7) is 5.29. The zero-order valence-corrected chi connectivity index (χ0v) is 13.8. The Hall–Kier alpha value is -1.10. The Kier molecular flexibility index (Phi) is 8.35. The maximum atomic E-state index is 12.2. The van der Waals surface area contributed by atoms with E-state index in [4.69, 9.17) is 21.1 Å². The number of hydrogen-bond donors (Lipinski definition) is 0. The molecule has 0 atom stereocenters. The lowest BCUT2D eigenvalue weighted by atomic mass is 10.0. The van der Waals surface area contributed by atoms with Gasteiger partial charge in [0.25, 0.3) is 0 Å². The normalized spacial score (nSPS) is 10.7. The van der Waals surface area contributed by atoms with E-state index in [9.17, 15) is 4.79 Å². The highest BCUT2D eigenvalue weighted by molar-refractivity contribution is 6.29. The zero-order chi connectivity index (χ0) is 15.7. The van der Waals surface area contributed by atoms with Gasteiger partial charge in [0.1, 0.15) is 12.6 Å².